The van der Waals surface area contributed by atoms with Gasteiger partial charge in [0.15, 0.2) is 0 Å². The van der Waals surface area contributed by atoms with E-state index in [-0.39, 0.29) is 5.91 Å². The third-order valence-electron chi connectivity index (χ3n) is 5.27. The summed E-state index contributed by atoms with van der Waals surface area (Å²) < 4.78 is 0. The minimum absolute atomic E-state index is 0.103. The summed E-state index contributed by atoms with van der Waals surface area (Å²) in [5.41, 5.74) is 2.13. The van der Waals surface area contributed by atoms with Gasteiger partial charge in [0.25, 0.3) is 0 Å². The average Bonchev–Trinajstić information content (AvgIpc) is 2.63. The van der Waals surface area contributed by atoms with Crippen molar-refractivity contribution in [2.24, 2.45) is 0 Å². The molecule has 2 aliphatic rings. The topological polar surface area (TPSA) is 42.1 Å². The van der Waals surface area contributed by atoms with Crippen LogP contribution in [0.3, 0.4) is 0 Å². The molecule has 0 unspecified atom stereocenters. The van der Waals surface area contributed by atoms with E-state index in [0.29, 0.717) is 6.42 Å². The van der Waals surface area contributed by atoms with Gasteiger partial charge >= 0.3 is 0 Å². The Morgan fingerprint density at radius 1 is 0.880 bits per heavy atom. The maximum absolute atomic E-state index is 12.2. The Balaban J connectivity index is 1.42. The molecule has 6 heteroatoms. The zero-order chi connectivity index (χ0) is 17.6. The molecule has 0 atom stereocenters. The molecule has 2 fully saturated rings. The summed E-state index contributed by atoms with van der Waals surface area (Å²) in [5.74, 6) is 0.103. The van der Waals surface area contributed by atoms with E-state index in [1.54, 1.807) is 0 Å². The second-order valence-electron chi connectivity index (χ2n) is 7.28. The van der Waals surface area contributed by atoms with Gasteiger partial charge in [-0.1, -0.05) is 0 Å². The van der Waals surface area contributed by atoms with Gasteiger partial charge in [-0.25, -0.2) is 0 Å². The second-order valence-corrected chi connectivity index (χ2v) is 7.28. The Labute approximate surface area is 151 Å². The fourth-order valence-electron chi connectivity index (χ4n) is 3.37. The first-order chi connectivity index (χ1) is 12.1. The highest BCUT2D eigenvalue weighted by Crippen LogP contribution is 2.19. The maximum Gasteiger partial charge on any atom is 0.225 e. The van der Waals surface area contributed by atoms with E-state index < -0.39 is 0 Å². The molecule has 2 aliphatic heterocycles. The Bertz CT molecular complexity index is 545. The molecule has 2 heterocycles. The fourth-order valence-corrected chi connectivity index (χ4v) is 3.37. The molecule has 3 rings (SSSR count). The number of hydrogen-bond donors (Lipinski definition) is 1. The quantitative estimate of drug-likeness (QED) is 0.863. The van der Waals surface area contributed by atoms with Crippen LogP contribution in [0.25, 0.3) is 0 Å². The largest absolute Gasteiger partial charge is 0.369 e. The Morgan fingerprint density at radius 3 is 2.04 bits per heavy atom. The number of amides is 1. The number of nitrogens with one attached hydrogen (secondary N) is 1. The molecule has 0 aliphatic carbocycles. The van der Waals surface area contributed by atoms with Crippen molar-refractivity contribution in [1.82, 2.24) is 14.7 Å². The summed E-state index contributed by atoms with van der Waals surface area (Å²) in [6.07, 6.45) is 0.559. The summed E-state index contributed by atoms with van der Waals surface area (Å²) in [5, 5.41) is 3.02. The van der Waals surface area contributed by atoms with Gasteiger partial charge in [0.2, 0.25) is 5.91 Å². The van der Waals surface area contributed by atoms with Crippen LogP contribution in [0, 0.1) is 0 Å². The van der Waals surface area contributed by atoms with Crippen LogP contribution >= 0.6 is 0 Å². The van der Waals surface area contributed by atoms with Crippen LogP contribution < -0.4 is 10.2 Å². The zero-order valence-electron chi connectivity index (χ0n) is 15.6. The van der Waals surface area contributed by atoms with Crippen molar-refractivity contribution in [1.29, 1.82) is 0 Å². The van der Waals surface area contributed by atoms with Crippen LogP contribution in [-0.2, 0) is 4.79 Å². The van der Waals surface area contributed by atoms with Crippen molar-refractivity contribution in [3.05, 3.63) is 24.3 Å². The normalized spacial score (nSPS) is 20.6. The number of rotatable bonds is 5. The third-order valence-corrected chi connectivity index (χ3v) is 5.27. The van der Waals surface area contributed by atoms with Crippen LogP contribution in [0.5, 0.6) is 0 Å². The molecule has 0 bridgehead atoms. The number of hydrogen-bond acceptors (Lipinski definition) is 5. The second kappa shape index (κ2) is 8.65. The molecule has 0 aromatic heterocycles. The van der Waals surface area contributed by atoms with E-state index in [4.69, 9.17) is 0 Å². The van der Waals surface area contributed by atoms with Crippen LogP contribution in [-0.4, -0.2) is 93.6 Å². The van der Waals surface area contributed by atoms with Crippen LogP contribution in [0.2, 0.25) is 0 Å². The highest BCUT2D eigenvalue weighted by atomic mass is 16.1. The summed E-state index contributed by atoms with van der Waals surface area (Å²) in [7, 11) is 4.31. The maximum atomic E-state index is 12.2. The lowest BCUT2D eigenvalue weighted by Crippen LogP contribution is -2.45. The Morgan fingerprint density at radius 2 is 1.44 bits per heavy atom. The van der Waals surface area contributed by atoms with Crippen molar-refractivity contribution < 1.29 is 4.79 Å². The van der Waals surface area contributed by atoms with Gasteiger partial charge in [0, 0.05) is 76.7 Å². The molecule has 1 aromatic carbocycles. The summed E-state index contributed by atoms with van der Waals surface area (Å²) in [4.78, 5) is 21.6. The van der Waals surface area contributed by atoms with Crippen molar-refractivity contribution in [2.45, 2.75) is 6.42 Å². The Hall–Kier alpha value is -1.63. The van der Waals surface area contributed by atoms with E-state index in [1.807, 2.05) is 12.1 Å². The monoisotopic (exact) mass is 345 g/mol. The number of benzene rings is 1. The van der Waals surface area contributed by atoms with Crippen molar-refractivity contribution in [3.8, 4) is 0 Å². The minimum atomic E-state index is 0.103. The highest BCUT2D eigenvalue weighted by Gasteiger charge is 2.16. The van der Waals surface area contributed by atoms with E-state index in [2.05, 4.69) is 51.1 Å². The predicted molar refractivity (Wildman–Crippen MR) is 103 cm³/mol. The van der Waals surface area contributed by atoms with Gasteiger partial charge in [0.1, 0.15) is 0 Å². The molecule has 2 saturated heterocycles. The summed E-state index contributed by atoms with van der Waals surface area (Å²) >= 11 is 0. The van der Waals surface area contributed by atoms with Crippen molar-refractivity contribution in [2.75, 3.05) is 83.2 Å². The van der Waals surface area contributed by atoms with Gasteiger partial charge < -0.3 is 24.9 Å². The third kappa shape index (κ3) is 5.42. The Kier molecular flexibility index (Phi) is 6.29. The number of nitrogens with zero attached hydrogens (tertiary/aromatic N) is 4. The molecule has 25 heavy (non-hydrogen) atoms. The number of carbonyl (C=O) groups excluding carboxylic acids is 1. The van der Waals surface area contributed by atoms with Gasteiger partial charge in [-0.05, 0) is 38.4 Å². The standard InChI is InChI=1S/C19H31N5O/c1-21-9-13-23(14-10-21)8-7-19(25)20-17-3-5-18(6-4-17)24-15-11-22(2)12-16-24/h3-6H,7-16H2,1-2H3,(H,20,25). The lowest BCUT2D eigenvalue weighted by Gasteiger charge is -2.34. The van der Waals surface area contributed by atoms with Gasteiger partial charge in [-0.15, -0.1) is 0 Å². The first-order valence-corrected chi connectivity index (χ1v) is 9.34. The van der Waals surface area contributed by atoms with E-state index in [1.165, 1.54) is 5.69 Å². The first kappa shape index (κ1) is 18.2. The molecule has 0 radical (unpaired) electrons. The molecule has 0 saturated carbocycles. The summed E-state index contributed by atoms with van der Waals surface area (Å²) in [6.45, 7) is 9.48. The molecule has 1 aromatic rings. The van der Waals surface area contributed by atoms with Crippen LogP contribution in [0.4, 0.5) is 11.4 Å². The molecule has 1 N–H and O–H groups in total. The number of carbonyl (C=O) groups is 1. The molecular weight excluding hydrogens is 314 g/mol. The van der Waals surface area contributed by atoms with E-state index in [0.717, 1.165) is 64.6 Å². The fraction of sp³-hybridized carbons (Fsp3) is 0.632. The summed E-state index contributed by atoms with van der Waals surface area (Å²) in [6, 6.07) is 8.26. The van der Waals surface area contributed by atoms with Gasteiger partial charge in [-0.3, -0.25) is 4.79 Å². The van der Waals surface area contributed by atoms with E-state index >= 15 is 0 Å². The zero-order valence-corrected chi connectivity index (χ0v) is 15.6. The highest BCUT2D eigenvalue weighted by molar-refractivity contribution is 5.91. The van der Waals surface area contributed by atoms with Crippen molar-refractivity contribution >= 4 is 17.3 Å². The minimum Gasteiger partial charge on any atom is -0.369 e. The number of likely N-dealkylation sites (N-methyl/N-ethyl adjacent to an activating group) is 2. The molecule has 1 amide bonds. The van der Waals surface area contributed by atoms with Crippen LogP contribution in [0.1, 0.15) is 6.42 Å². The predicted octanol–water partition coefficient (Wildman–Crippen LogP) is 1.01. The number of anilines is 2. The van der Waals surface area contributed by atoms with Crippen molar-refractivity contribution in [3.63, 3.8) is 0 Å². The molecule has 0 spiro atoms. The van der Waals surface area contributed by atoms with Gasteiger partial charge in [-0.2, -0.15) is 0 Å². The SMILES string of the molecule is CN1CCN(CCC(=O)Nc2ccc(N3CCN(C)CC3)cc2)CC1. The van der Waals surface area contributed by atoms with Gasteiger partial charge in [0.05, 0.1) is 0 Å². The molecular formula is C19H31N5O. The smallest absolute Gasteiger partial charge is 0.225 e. The van der Waals surface area contributed by atoms with Crippen LogP contribution in [0.15, 0.2) is 24.3 Å². The lowest BCUT2D eigenvalue weighted by molar-refractivity contribution is -0.116. The molecule has 6 nitrogen and oxygen atoms in total. The number of piperazine rings is 2. The first-order valence-electron chi connectivity index (χ1n) is 9.34. The lowest BCUT2D eigenvalue weighted by atomic mass is 10.2. The average molecular weight is 345 g/mol. The molecule has 138 valence electrons. The van der Waals surface area contributed by atoms with E-state index in [9.17, 15) is 4.79 Å².